The fraction of sp³-hybridized carbons (Fsp3) is 0.333. The van der Waals surface area contributed by atoms with Gasteiger partial charge in [0.05, 0.1) is 5.69 Å². The number of ether oxygens (including phenoxy) is 1. The monoisotopic (exact) mass is 351 g/mol. The van der Waals surface area contributed by atoms with Crippen LogP contribution in [0.2, 0.25) is 0 Å². The molecular weight excluding hydrogens is 326 g/mol. The molecule has 2 aromatic rings. The van der Waals surface area contributed by atoms with Crippen molar-refractivity contribution in [2.75, 3.05) is 18.4 Å². The van der Waals surface area contributed by atoms with Crippen molar-refractivity contribution in [3.8, 4) is 0 Å². The summed E-state index contributed by atoms with van der Waals surface area (Å²) in [6, 6.07) is 18.0. The smallest absolute Gasteiger partial charge is 0.412 e. The Kier molecular flexibility index (Phi) is 5.26. The van der Waals surface area contributed by atoms with Crippen molar-refractivity contribution < 1.29 is 9.53 Å². The number of amidine groups is 1. The van der Waals surface area contributed by atoms with Gasteiger partial charge in [-0.3, -0.25) is 10.3 Å². The zero-order valence-corrected chi connectivity index (χ0v) is 15.5. The molecule has 1 amide bonds. The second kappa shape index (κ2) is 7.60. The van der Waals surface area contributed by atoms with E-state index in [0.717, 1.165) is 17.9 Å². The van der Waals surface area contributed by atoms with E-state index in [4.69, 9.17) is 9.73 Å². The van der Waals surface area contributed by atoms with Crippen LogP contribution in [-0.4, -0.2) is 30.6 Å². The molecule has 0 saturated heterocycles. The van der Waals surface area contributed by atoms with Gasteiger partial charge >= 0.3 is 6.09 Å². The fourth-order valence-corrected chi connectivity index (χ4v) is 2.88. The third-order valence-corrected chi connectivity index (χ3v) is 4.07. The van der Waals surface area contributed by atoms with Crippen LogP contribution in [0.3, 0.4) is 0 Å². The van der Waals surface area contributed by atoms with Crippen molar-refractivity contribution in [2.24, 2.45) is 4.99 Å². The second-order valence-electron chi connectivity index (χ2n) is 7.35. The van der Waals surface area contributed by atoms with Gasteiger partial charge in [0.25, 0.3) is 0 Å². The van der Waals surface area contributed by atoms with E-state index in [1.807, 2.05) is 51.1 Å². The summed E-state index contributed by atoms with van der Waals surface area (Å²) in [6.45, 7) is 7.05. The zero-order valence-electron chi connectivity index (χ0n) is 15.5. The summed E-state index contributed by atoms with van der Waals surface area (Å²) < 4.78 is 5.35. The average molecular weight is 351 g/mol. The van der Waals surface area contributed by atoms with Gasteiger partial charge in [-0.15, -0.1) is 0 Å². The lowest BCUT2D eigenvalue weighted by atomic mass is 9.97. The molecule has 0 radical (unpaired) electrons. The summed E-state index contributed by atoms with van der Waals surface area (Å²) in [4.78, 5) is 16.8. The first-order valence-electron chi connectivity index (χ1n) is 8.85. The van der Waals surface area contributed by atoms with Gasteiger partial charge in [-0.05, 0) is 38.5 Å². The normalized spacial score (nSPS) is 17.0. The van der Waals surface area contributed by atoms with E-state index in [1.165, 1.54) is 5.56 Å². The van der Waals surface area contributed by atoms with E-state index in [0.29, 0.717) is 18.2 Å². The van der Waals surface area contributed by atoms with Gasteiger partial charge in [-0.25, -0.2) is 4.79 Å². The number of amides is 1. The van der Waals surface area contributed by atoms with E-state index in [1.54, 1.807) is 0 Å². The first-order chi connectivity index (χ1) is 12.4. The molecule has 3 rings (SSSR count). The third-order valence-electron chi connectivity index (χ3n) is 4.07. The number of nitrogens with zero attached hydrogens (tertiary/aromatic N) is 1. The van der Waals surface area contributed by atoms with E-state index in [2.05, 4.69) is 34.9 Å². The maximum Gasteiger partial charge on any atom is 0.412 e. The molecule has 1 aliphatic rings. The number of carbonyl (C=O) groups is 1. The summed E-state index contributed by atoms with van der Waals surface area (Å²) in [5.41, 5.74) is 2.29. The molecular formula is C21H25N3O2. The number of rotatable bonds is 3. The minimum absolute atomic E-state index is 0.353. The van der Waals surface area contributed by atoms with E-state index >= 15 is 0 Å². The first kappa shape index (κ1) is 18.0. The Bertz CT molecular complexity index is 794. The highest BCUT2D eigenvalue weighted by molar-refractivity contribution is 6.06. The van der Waals surface area contributed by atoms with E-state index in [-0.39, 0.29) is 0 Å². The summed E-state index contributed by atoms with van der Waals surface area (Å²) in [5.74, 6) is 1.15. The summed E-state index contributed by atoms with van der Waals surface area (Å²) in [5, 5.41) is 6.23. The SMILES string of the molecule is CC(C)(C)OC(=O)Nc1ccccc1C1=NCC(c2ccccc2)CN1. The molecule has 1 aliphatic heterocycles. The highest BCUT2D eigenvalue weighted by Crippen LogP contribution is 2.22. The summed E-state index contributed by atoms with van der Waals surface area (Å²) in [6.07, 6.45) is -0.469. The van der Waals surface area contributed by atoms with Crippen LogP contribution in [0.1, 0.15) is 37.8 Å². The van der Waals surface area contributed by atoms with Gasteiger partial charge < -0.3 is 10.1 Å². The maximum atomic E-state index is 12.1. The Morgan fingerprint density at radius 1 is 1.12 bits per heavy atom. The largest absolute Gasteiger partial charge is 0.444 e. The van der Waals surface area contributed by atoms with Crippen molar-refractivity contribution in [3.63, 3.8) is 0 Å². The molecule has 0 saturated carbocycles. The van der Waals surface area contributed by atoms with Gasteiger partial charge in [0, 0.05) is 24.6 Å². The highest BCUT2D eigenvalue weighted by Gasteiger charge is 2.21. The number of hydrogen-bond acceptors (Lipinski definition) is 4. The number of carbonyl (C=O) groups excluding carboxylic acids is 1. The Morgan fingerprint density at radius 3 is 2.46 bits per heavy atom. The zero-order chi connectivity index (χ0) is 18.6. The van der Waals surface area contributed by atoms with Crippen molar-refractivity contribution in [1.29, 1.82) is 0 Å². The molecule has 2 aromatic carbocycles. The summed E-state index contributed by atoms with van der Waals surface area (Å²) in [7, 11) is 0. The van der Waals surface area contributed by atoms with Crippen molar-refractivity contribution in [3.05, 3.63) is 65.7 Å². The predicted octanol–water partition coefficient (Wildman–Crippen LogP) is 4.17. The molecule has 136 valence electrons. The Labute approximate surface area is 154 Å². The number of aliphatic imine (C=N–C) groups is 1. The molecule has 1 atom stereocenters. The quantitative estimate of drug-likeness (QED) is 0.872. The number of para-hydroxylation sites is 1. The van der Waals surface area contributed by atoms with Gasteiger partial charge in [0.15, 0.2) is 0 Å². The van der Waals surface area contributed by atoms with Gasteiger partial charge in [-0.2, -0.15) is 0 Å². The van der Waals surface area contributed by atoms with Gasteiger partial charge in [0.1, 0.15) is 11.4 Å². The van der Waals surface area contributed by atoms with Crippen LogP contribution in [0.4, 0.5) is 10.5 Å². The number of benzene rings is 2. The topological polar surface area (TPSA) is 62.7 Å². The molecule has 0 aromatic heterocycles. The first-order valence-corrected chi connectivity index (χ1v) is 8.85. The molecule has 0 bridgehead atoms. The molecule has 5 nitrogen and oxygen atoms in total. The Morgan fingerprint density at radius 2 is 1.81 bits per heavy atom. The van der Waals surface area contributed by atoms with Crippen molar-refractivity contribution in [1.82, 2.24) is 5.32 Å². The van der Waals surface area contributed by atoms with Gasteiger partial charge in [-0.1, -0.05) is 42.5 Å². The van der Waals surface area contributed by atoms with Crippen LogP contribution in [0.5, 0.6) is 0 Å². The number of hydrogen-bond donors (Lipinski definition) is 2. The fourth-order valence-electron chi connectivity index (χ4n) is 2.88. The molecule has 2 N–H and O–H groups in total. The lowest BCUT2D eigenvalue weighted by Gasteiger charge is -2.25. The molecule has 0 aliphatic carbocycles. The van der Waals surface area contributed by atoms with Crippen LogP contribution in [-0.2, 0) is 4.74 Å². The van der Waals surface area contributed by atoms with E-state index < -0.39 is 11.7 Å². The van der Waals surface area contributed by atoms with Crippen LogP contribution >= 0.6 is 0 Å². The maximum absolute atomic E-state index is 12.1. The lowest BCUT2D eigenvalue weighted by Crippen LogP contribution is -2.36. The minimum Gasteiger partial charge on any atom is -0.444 e. The van der Waals surface area contributed by atoms with E-state index in [9.17, 15) is 4.79 Å². The standard InChI is InChI=1S/C21H25N3O2/c1-21(2,3)26-20(25)24-18-12-8-7-11-17(18)19-22-13-16(14-23-19)15-9-5-4-6-10-15/h4-12,16H,13-14H2,1-3H3,(H,22,23)(H,24,25). The molecule has 5 heteroatoms. The molecule has 26 heavy (non-hydrogen) atoms. The predicted molar refractivity (Wildman–Crippen MR) is 105 cm³/mol. The highest BCUT2D eigenvalue weighted by atomic mass is 16.6. The lowest BCUT2D eigenvalue weighted by molar-refractivity contribution is 0.0636. The molecule has 1 unspecified atom stereocenters. The Balaban J connectivity index is 1.74. The van der Waals surface area contributed by atoms with Crippen molar-refractivity contribution >= 4 is 17.6 Å². The van der Waals surface area contributed by atoms with Crippen LogP contribution in [0, 0.1) is 0 Å². The average Bonchev–Trinajstić information content (AvgIpc) is 2.61. The number of anilines is 1. The Hall–Kier alpha value is -2.82. The second-order valence-corrected chi connectivity index (χ2v) is 7.35. The van der Waals surface area contributed by atoms with Crippen LogP contribution < -0.4 is 10.6 Å². The molecule has 0 fully saturated rings. The van der Waals surface area contributed by atoms with Crippen LogP contribution in [0.15, 0.2) is 59.6 Å². The summed E-state index contributed by atoms with van der Waals surface area (Å²) >= 11 is 0. The number of nitrogens with one attached hydrogen (secondary N) is 2. The third kappa shape index (κ3) is 4.63. The van der Waals surface area contributed by atoms with Crippen molar-refractivity contribution in [2.45, 2.75) is 32.3 Å². The minimum atomic E-state index is -0.539. The van der Waals surface area contributed by atoms with Crippen LogP contribution in [0.25, 0.3) is 0 Å². The van der Waals surface area contributed by atoms with Gasteiger partial charge in [0.2, 0.25) is 0 Å². The molecule has 0 spiro atoms. The molecule has 1 heterocycles.